The predicted molar refractivity (Wildman–Crippen MR) is 81.8 cm³/mol. The smallest absolute Gasteiger partial charge is 0.323 e. The van der Waals surface area contributed by atoms with Crippen molar-refractivity contribution in [2.75, 3.05) is 13.1 Å². The maximum atomic E-state index is 12.2. The van der Waals surface area contributed by atoms with Crippen LogP contribution in [0.4, 0.5) is 5.82 Å². The van der Waals surface area contributed by atoms with Crippen LogP contribution in [0.25, 0.3) is 0 Å². The van der Waals surface area contributed by atoms with Gasteiger partial charge < -0.3 is 20.7 Å². The standard InChI is InChI=1S/C13H20N4O3.ClH/c1-9(10-4-3-7-14-8-10)15-13(18)11-5-6-12(16(11)2)17(19)20;/h5-6,9-10,14H,3-4,7-8H2,1-2H3,(H,15,18);1H. The monoisotopic (exact) mass is 316 g/mol. The van der Waals surface area contributed by atoms with Gasteiger partial charge in [0, 0.05) is 12.1 Å². The minimum Gasteiger partial charge on any atom is -0.358 e. The summed E-state index contributed by atoms with van der Waals surface area (Å²) < 4.78 is 1.31. The van der Waals surface area contributed by atoms with Gasteiger partial charge in [0.25, 0.3) is 5.91 Å². The lowest BCUT2D eigenvalue weighted by atomic mass is 9.93. The van der Waals surface area contributed by atoms with Crippen molar-refractivity contribution in [3.63, 3.8) is 0 Å². The van der Waals surface area contributed by atoms with Gasteiger partial charge in [0.15, 0.2) is 5.69 Å². The number of nitrogens with one attached hydrogen (secondary N) is 2. The van der Waals surface area contributed by atoms with E-state index in [1.807, 2.05) is 6.92 Å². The molecule has 2 unspecified atom stereocenters. The zero-order valence-corrected chi connectivity index (χ0v) is 13.0. The number of halogens is 1. The fraction of sp³-hybridized carbons (Fsp3) is 0.615. The molecule has 21 heavy (non-hydrogen) atoms. The Morgan fingerprint density at radius 2 is 2.29 bits per heavy atom. The van der Waals surface area contributed by atoms with Gasteiger partial charge >= 0.3 is 5.82 Å². The van der Waals surface area contributed by atoms with Gasteiger partial charge in [-0.1, -0.05) is 0 Å². The van der Waals surface area contributed by atoms with Crippen LogP contribution < -0.4 is 10.6 Å². The molecule has 1 aliphatic heterocycles. The Bertz CT molecular complexity index is 512. The molecule has 1 amide bonds. The SMILES string of the molecule is CC(NC(=O)c1ccc([N+](=O)[O-])n1C)C1CCCNC1.Cl. The van der Waals surface area contributed by atoms with E-state index in [0.29, 0.717) is 11.6 Å². The van der Waals surface area contributed by atoms with Crippen molar-refractivity contribution in [3.8, 4) is 0 Å². The van der Waals surface area contributed by atoms with E-state index >= 15 is 0 Å². The second-order valence-corrected chi connectivity index (χ2v) is 5.26. The molecule has 2 heterocycles. The Morgan fingerprint density at radius 3 is 2.81 bits per heavy atom. The summed E-state index contributed by atoms with van der Waals surface area (Å²) in [5.41, 5.74) is 0.312. The lowest BCUT2D eigenvalue weighted by Crippen LogP contribution is -2.44. The molecule has 1 saturated heterocycles. The third kappa shape index (κ3) is 3.95. The summed E-state index contributed by atoms with van der Waals surface area (Å²) in [4.78, 5) is 22.5. The number of nitrogens with zero attached hydrogens (tertiary/aromatic N) is 2. The summed E-state index contributed by atoms with van der Waals surface area (Å²) in [5, 5.41) is 17.0. The van der Waals surface area contributed by atoms with Crippen LogP contribution in [0.3, 0.4) is 0 Å². The van der Waals surface area contributed by atoms with Gasteiger partial charge in [-0.2, -0.15) is 0 Å². The van der Waals surface area contributed by atoms with Crippen LogP contribution in [-0.4, -0.2) is 34.5 Å². The first-order valence-corrected chi connectivity index (χ1v) is 6.82. The molecular weight excluding hydrogens is 296 g/mol. The molecular formula is C13H21ClN4O3. The molecule has 8 heteroatoms. The van der Waals surface area contributed by atoms with E-state index in [1.165, 1.54) is 23.7 Å². The Balaban J connectivity index is 0.00000220. The molecule has 2 atom stereocenters. The molecule has 1 aliphatic rings. The first-order valence-electron chi connectivity index (χ1n) is 6.82. The number of aromatic nitrogens is 1. The molecule has 2 rings (SSSR count). The average Bonchev–Trinajstić information content (AvgIpc) is 2.81. The van der Waals surface area contributed by atoms with Crippen LogP contribution in [0.2, 0.25) is 0 Å². The summed E-state index contributed by atoms with van der Waals surface area (Å²) in [6.45, 7) is 3.91. The molecule has 7 nitrogen and oxygen atoms in total. The number of rotatable bonds is 4. The van der Waals surface area contributed by atoms with Gasteiger partial charge in [-0.3, -0.25) is 4.79 Å². The quantitative estimate of drug-likeness (QED) is 0.650. The second kappa shape index (κ2) is 7.42. The highest BCUT2D eigenvalue weighted by molar-refractivity contribution is 5.93. The van der Waals surface area contributed by atoms with Gasteiger partial charge in [-0.15, -0.1) is 12.4 Å². The second-order valence-electron chi connectivity index (χ2n) is 5.26. The normalized spacial score (nSPS) is 19.4. The zero-order valence-electron chi connectivity index (χ0n) is 12.2. The van der Waals surface area contributed by atoms with Crippen molar-refractivity contribution in [2.24, 2.45) is 13.0 Å². The summed E-state index contributed by atoms with van der Waals surface area (Å²) >= 11 is 0. The third-order valence-corrected chi connectivity index (χ3v) is 3.92. The fourth-order valence-electron chi connectivity index (χ4n) is 2.62. The van der Waals surface area contributed by atoms with E-state index < -0.39 is 4.92 Å². The van der Waals surface area contributed by atoms with E-state index in [1.54, 1.807) is 0 Å². The minimum absolute atomic E-state index is 0. The molecule has 0 aliphatic carbocycles. The Hall–Kier alpha value is -1.60. The summed E-state index contributed by atoms with van der Waals surface area (Å²) in [6, 6.07) is 2.88. The predicted octanol–water partition coefficient (Wildman–Crippen LogP) is 1.47. The molecule has 1 fully saturated rings. The molecule has 0 aromatic carbocycles. The molecule has 0 saturated carbocycles. The maximum absolute atomic E-state index is 12.2. The molecule has 0 radical (unpaired) electrons. The Kier molecular flexibility index (Phi) is 6.17. The lowest BCUT2D eigenvalue weighted by molar-refractivity contribution is -0.391. The highest BCUT2D eigenvalue weighted by Gasteiger charge is 2.25. The van der Waals surface area contributed by atoms with Crippen LogP contribution in [0.15, 0.2) is 12.1 Å². The first-order chi connectivity index (χ1) is 9.50. The lowest BCUT2D eigenvalue weighted by Gasteiger charge is -2.28. The largest absolute Gasteiger partial charge is 0.358 e. The highest BCUT2D eigenvalue weighted by Crippen LogP contribution is 2.17. The fourth-order valence-corrected chi connectivity index (χ4v) is 2.62. The van der Waals surface area contributed by atoms with Crippen molar-refractivity contribution >= 4 is 24.1 Å². The van der Waals surface area contributed by atoms with E-state index in [4.69, 9.17) is 0 Å². The van der Waals surface area contributed by atoms with Crippen LogP contribution in [0.5, 0.6) is 0 Å². The number of hydrogen-bond donors (Lipinski definition) is 2. The number of carbonyl (C=O) groups is 1. The summed E-state index contributed by atoms with van der Waals surface area (Å²) in [5.74, 6) is 0.0590. The average molecular weight is 317 g/mol. The molecule has 0 spiro atoms. The molecule has 118 valence electrons. The van der Waals surface area contributed by atoms with E-state index in [0.717, 1.165) is 25.9 Å². The topological polar surface area (TPSA) is 89.2 Å². The number of piperidine rings is 1. The van der Waals surface area contributed by atoms with Crippen molar-refractivity contribution in [1.29, 1.82) is 0 Å². The van der Waals surface area contributed by atoms with Crippen LogP contribution in [0, 0.1) is 16.0 Å². The Morgan fingerprint density at radius 1 is 1.57 bits per heavy atom. The van der Waals surface area contributed by atoms with E-state index in [-0.39, 0.29) is 30.2 Å². The molecule has 2 N–H and O–H groups in total. The first kappa shape index (κ1) is 17.5. The summed E-state index contributed by atoms with van der Waals surface area (Å²) in [6.07, 6.45) is 2.20. The van der Waals surface area contributed by atoms with Crippen molar-refractivity contribution in [2.45, 2.75) is 25.8 Å². The molecule has 1 aromatic rings. The van der Waals surface area contributed by atoms with Gasteiger partial charge in [-0.25, -0.2) is 4.57 Å². The molecule has 0 bridgehead atoms. The number of amides is 1. The zero-order chi connectivity index (χ0) is 14.7. The van der Waals surface area contributed by atoms with Gasteiger partial charge in [0.1, 0.15) is 0 Å². The van der Waals surface area contributed by atoms with Crippen molar-refractivity contribution < 1.29 is 9.72 Å². The van der Waals surface area contributed by atoms with Gasteiger partial charge in [0.2, 0.25) is 0 Å². The number of carbonyl (C=O) groups excluding carboxylic acids is 1. The third-order valence-electron chi connectivity index (χ3n) is 3.92. The maximum Gasteiger partial charge on any atom is 0.323 e. The summed E-state index contributed by atoms with van der Waals surface area (Å²) in [7, 11) is 1.53. The van der Waals surface area contributed by atoms with Crippen LogP contribution in [0.1, 0.15) is 30.3 Å². The van der Waals surface area contributed by atoms with Crippen molar-refractivity contribution in [3.05, 3.63) is 27.9 Å². The van der Waals surface area contributed by atoms with Gasteiger partial charge in [0.05, 0.1) is 7.05 Å². The van der Waals surface area contributed by atoms with Crippen LogP contribution in [-0.2, 0) is 7.05 Å². The minimum atomic E-state index is -0.495. The van der Waals surface area contributed by atoms with Gasteiger partial charge in [-0.05, 0) is 49.8 Å². The number of nitro groups is 1. The highest BCUT2D eigenvalue weighted by atomic mass is 35.5. The van der Waals surface area contributed by atoms with E-state index in [9.17, 15) is 14.9 Å². The molecule has 1 aromatic heterocycles. The van der Waals surface area contributed by atoms with E-state index in [2.05, 4.69) is 10.6 Å². The van der Waals surface area contributed by atoms with Crippen LogP contribution >= 0.6 is 12.4 Å². The van der Waals surface area contributed by atoms with Crippen molar-refractivity contribution in [1.82, 2.24) is 15.2 Å². The number of hydrogen-bond acceptors (Lipinski definition) is 4. The Labute approximate surface area is 129 Å².